The molecule has 3 rings (SSSR count). The van der Waals surface area contributed by atoms with Crippen LogP contribution in [0.1, 0.15) is 11.1 Å². The Morgan fingerprint density at radius 3 is 2.55 bits per heavy atom. The van der Waals surface area contributed by atoms with Gasteiger partial charge in [-0.05, 0) is 24.6 Å². The molecule has 0 atom stereocenters. The Labute approximate surface area is 175 Å². The average Bonchev–Trinajstić information content (AvgIpc) is 3.14. The van der Waals surface area contributed by atoms with E-state index in [2.05, 4.69) is 22.1 Å². The minimum Gasteiger partial charge on any atom is -0.497 e. The molecule has 0 aliphatic rings. The lowest BCUT2D eigenvalue weighted by Crippen LogP contribution is -2.24. The smallest absolute Gasteiger partial charge is 0.230 e. The molecule has 1 heterocycles. The molecule has 0 spiro atoms. The van der Waals surface area contributed by atoms with Crippen molar-refractivity contribution in [3.63, 3.8) is 0 Å². The van der Waals surface area contributed by atoms with Gasteiger partial charge >= 0.3 is 0 Å². The van der Waals surface area contributed by atoms with Gasteiger partial charge in [-0.2, -0.15) is 0 Å². The summed E-state index contributed by atoms with van der Waals surface area (Å²) in [5, 5.41) is 12.2. The SMILES string of the molecule is C=CCn1c(SCC(=O)NCc2ccc(OC)cc2)nnc1-c1ccc(C)cc1. The minimum absolute atomic E-state index is 0.0594. The van der Waals surface area contributed by atoms with Crippen molar-refractivity contribution in [1.82, 2.24) is 20.1 Å². The normalized spacial score (nSPS) is 10.6. The Kier molecular flexibility index (Phi) is 7.08. The van der Waals surface area contributed by atoms with E-state index in [-0.39, 0.29) is 11.7 Å². The summed E-state index contributed by atoms with van der Waals surface area (Å²) in [7, 11) is 1.63. The van der Waals surface area contributed by atoms with E-state index in [0.29, 0.717) is 18.2 Å². The largest absolute Gasteiger partial charge is 0.497 e. The number of aryl methyl sites for hydroxylation is 1. The first-order valence-corrected chi connectivity index (χ1v) is 10.2. The van der Waals surface area contributed by atoms with E-state index in [1.165, 1.54) is 17.3 Å². The molecular weight excluding hydrogens is 384 g/mol. The number of carbonyl (C=O) groups excluding carboxylic acids is 1. The zero-order valence-electron chi connectivity index (χ0n) is 16.6. The quantitative estimate of drug-likeness (QED) is 0.430. The van der Waals surface area contributed by atoms with Gasteiger partial charge in [0.15, 0.2) is 11.0 Å². The molecule has 6 nitrogen and oxygen atoms in total. The van der Waals surface area contributed by atoms with E-state index in [4.69, 9.17) is 4.74 Å². The van der Waals surface area contributed by atoms with Crippen LogP contribution >= 0.6 is 11.8 Å². The van der Waals surface area contributed by atoms with Gasteiger partial charge in [0.2, 0.25) is 5.91 Å². The molecule has 0 fully saturated rings. The van der Waals surface area contributed by atoms with Crippen molar-refractivity contribution in [2.75, 3.05) is 12.9 Å². The molecule has 0 unspecified atom stereocenters. The number of hydrogen-bond acceptors (Lipinski definition) is 5. The highest BCUT2D eigenvalue weighted by molar-refractivity contribution is 7.99. The minimum atomic E-state index is -0.0594. The van der Waals surface area contributed by atoms with Crippen LogP contribution < -0.4 is 10.1 Å². The van der Waals surface area contributed by atoms with Crippen LogP contribution in [0.25, 0.3) is 11.4 Å². The molecule has 7 heteroatoms. The molecular formula is C22H24N4O2S. The summed E-state index contributed by atoms with van der Waals surface area (Å²) in [6.07, 6.45) is 1.80. The molecule has 0 aliphatic heterocycles. The van der Waals surface area contributed by atoms with Crippen molar-refractivity contribution in [2.45, 2.75) is 25.2 Å². The number of benzene rings is 2. The van der Waals surface area contributed by atoms with Crippen LogP contribution in [0, 0.1) is 6.92 Å². The third-order valence-electron chi connectivity index (χ3n) is 4.32. The summed E-state index contributed by atoms with van der Waals surface area (Å²) < 4.78 is 7.11. The number of aromatic nitrogens is 3. The van der Waals surface area contributed by atoms with Crippen LogP contribution in [0.5, 0.6) is 5.75 Å². The van der Waals surface area contributed by atoms with Gasteiger partial charge in [0.05, 0.1) is 12.9 Å². The van der Waals surface area contributed by atoms with E-state index >= 15 is 0 Å². The van der Waals surface area contributed by atoms with Gasteiger partial charge in [-0.25, -0.2) is 0 Å². The van der Waals surface area contributed by atoms with Crippen molar-refractivity contribution in [2.24, 2.45) is 0 Å². The second kappa shape index (κ2) is 9.93. The molecule has 2 aromatic carbocycles. The third kappa shape index (κ3) is 5.48. The number of rotatable bonds is 9. The lowest BCUT2D eigenvalue weighted by atomic mass is 10.1. The molecule has 1 amide bonds. The van der Waals surface area contributed by atoms with Gasteiger partial charge in [0.1, 0.15) is 5.75 Å². The number of thioether (sulfide) groups is 1. The summed E-state index contributed by atoms with van der Waals surface area (Å²) >= 11 is 1.36. The van der Waals surface area contributed by atoms with Crippen LogP contribution in [-0.2, 0) is 17.9 Å². The summed E-state index contributed by atoms with van der Waals surface area (Å²) in [6.45, 7) is 6.91. The van der Waals surface area contributed by atoms with E-state index in [1.54, 1.807) is 13.2 Å². The van der Waals surface area contributed by atoms with Crippen molar-refractivity contribution >= 4 is 17.7 Å². The highest BCUT2D eigenvalue weighted by atomic mass is 32.2. The van der Waals surface area contributed by atoms with Gasteiger partial charge in [0, 0.05) is 18.7 Å². The zero-order chi connectivity index (χ0) is 20.6. The van der Waals surface area contributed by atoms with Gasteiger partial charge < -0.3 is 10.1 Å². The molecule has 0 radical (unpaired) electrons. The van der Waals surface area contributed by atoms with Crippen LogP contribution in [0.3, 0.4) is 0 Å². The van der Waals surface area contributed by atoms with Crippen LogP contribution in [0.2, 0.25) is 0 Å². The van der Waals surface area contributed by atoms with Crippen molar-refractivity contribution < 1.29 is 9.53 Å². The van der Waals surface area contributed by atoms with Gasteiger partial charge in [-0.1, -0.05) is 59.8 Å². The van der Waals surface area contributed by atoms with Crippen LogP contribution in [-0.4, -0.2) is 33.5 Å². The number of nitrogens with zero attached hydrogens (tertiary/aromatic N) is 3. The fourth-order valence-corrected chi connectivity index (χ4v) is 3.51. The number of hydrogen-bond donors (Lipinski definition) is 1. The molecule has 3 aromatic rings. The standard InChI is InChI=1S/C22H24N4O2S/c1-4-13-26-21(18-9-5-16(2)6-10-18)24-25-22(26)29-15-20(27)23-14-17-7-11-19(28-3)12-8-17/h4-12H,1,13-15H2,2-3H3,(H,23,27). The first-order valence-electron chi connectivity index (χ1n) is 9.24. The molecule has 0 saturated heterocycles. The second-order valence-corrected chi connectivity index (χ2v) is 7.43. The van der Waals surface area contributed by atoms with Gasteiger partial charge in [-0.15, -0.1) is 16.8 Å². The Morgan fingerprint density at radius 1 is 1.17 bits per heavy atom. The number of amides is 1. The second-order valence-electron chi connectivity index (χ2n) is 6.48. The molecule has 150 valence electrons. The number of allylic oxidation sites excluding steroid dienone is 1. The highest BCUT2D eigenvalue weighted by Gasteiger charge is 2.15. The lowest BCUT2D eigenvalue weighted by Gasteiger charge is -2.09. The van der Waals surface area contributed by atoms with E-state index in [1.807, 2.05) is 60.0 Å². The summed E-state index contributed by atoms with van der Waals surface area (Å²) in [4.78, 5) is 12.3. The summed E-state index contributed by atoms with van der Waals surface area (Å²) in [6, 6.07) is 15.7. The molecule has 0 bridgehead atoms. The van der Waals surface area contributed by atoms with Crippen molar-refractivity contribution in [1.29, 1.82) is 0 Å². The zero-order valence-corrected chi connectivity index (χ0v) is 17.4. The number of nitrogens with one attached hydrogen (secondary N) is 1. The Balaban J connectivity index is 1.61. The first-order chi connectivity index (χ1) is 14.1. The molecule has 1 aromatic heterocycles. The highest BCUT2D eigenvalue weighted by Crippen LogP contribution is 2.24. The number of methoxy groups -OCH3 is 1. The van der Waals surface area contributed by atoms with Crippen molar-refractivity contribution in [3.8, 4) is 17.1 Å². The Hall–Kier alpha value is -3.06. The fraction of sp³-hybridized carbons (Fsp3) is 0.227. The molecule has 0 aliphatic carbocycles. The van der Waals surface area contributed by atoms with Crippen LogP contribution in [0.4, 0.5) is 0 Å². The van der Waals surface area contributed by atoms with Crippen molar-refractivity contribution in [3.05, 3.63) is 72.3 Å². The maximum atomic E-state index is 12.3. The molecule has 29 heavy (non-hydrogen) atoms. The van der Waals surface area contributed by atoms with Gasteiger partial charge in [-0.3, -0.25) is 9.36 Å². The topological polar surface area (TPSA) is 69.0 Å². The van der Waals surface area contributed by atoms with Crippen LogP contribution in [0.15, 0.2) is 66.3 Å². The first kappa shape index (κ1) is 20.7. The molecule has 1 N–H and O–H groups in total. The predicted octanol–water partition coefficient (Wildman–Crippen LogP) is 3.86. The average molecular weight is 409 g/mol. The van der Waals surface area contributed by atoms with E-state index in [0.717, 1.165) is 22.7 Å². The number of carbonyl (C=O) groups is 1. The maximum Gasteiger partial charge on any atom is 0.230 e. The Bertz CT molecular complexity index is 965. The maximum absolute atomic E-state index is 12.3. The van der Waals surface area contributed by atoms with E-state index < -0.39 is 0 Å². The Morgan fingerprint density at radius 2 is 1.90 bits per heavy atom. The summed E-state index contributed by atoms with van der Waals surface area (Å²) in [5.41, 5.74) is 3.19. The monoisotopic (exact) mass is 408 g/mol. The number of ether oxygens (including phenoxy) is 1. The third-order valence-corrected chi connectivity index (χ3v) is 5.29. The predicted molar refractivity (Wildman–Crippen MR) is 116 cm³/mol. The fourth-order valence-electron chi connectivity index (χ4n) is 2.73. The van der Waals surface area contributed by atoms with Gasteiger partial charge in [0.25, 0.3) is 0 Å². The summed E-state index contributed by atoms with van der Waals surface area (Å²) in [5.74, 6) is 1.77. The molecule has 0 saturated carbocycles. The van der Waals surface area contributed by atoms with E-state index in [9.17, 15) is 4.79 Å². The lowest BCUT2D eigenvalue weighted by molar-refractivity contribution is -0.118.